The van der Waals surface area contributed by atoms with Crippen molar-refractivity contribution in [2.24, 2.45) is 0 Å². The quantitative estimate of drug-likeness (QED) is 0.842. The molecule has 0 aliphatic carbocycles. The lowest BCUT2D eigenvalue weighted by Crippen LogP contribution is -2.47. The van der Waals surface area contributed by atoms with Gasteiger partial charge in [0.1, 0.15) is 0 Å². The van der Waals surface area contributed by atoms with Crippen LogP contribution in [-0.4, -0.2) is 84.2 Å². The van der Waals surface area contributed by atoms with E-state index in [0.29, 0.717) is 38.5 Å². The zero-order valence-electron chi connectivity index (χ0n) is 15.3. The van der Waals surface area contributed by atoms with Gasteiger partial charge in [0.2, 0.25) is 5.91 Å². The lowest BCUT2D eigenvalue weighted by atomic mass is 10.1. The van der Waals surface area contributed by atoms with Crippen LogP contribution in [0.1, 0.15) is 24.8 Å². The van der Waals surface area contributed by atoms with Gasteiger partial charge in [-0.25, -0.2) is 0 Å². The number of likely N-dealkylation sites (N-methyl/N-ethyl adjacent to an activating group) is 1. The largest absolute Gasteiger partial charge is 0.393 e. The predicted molar refractivity (Wildman–Crippen MR) is 99.4 cm³/mol. The van der Waals surface area contributed by atoms with Gasteiger partial charge in [0.25, 0.3) is 0 Å². The molecule has 1 N–H and O–H groups in total. The van der Waals surface area contributed by atoms with E-state index in [2.05, 4.69) is 47.2 Å². The molecule has 138 valence electrons. The van der Waals surface area contributed by atoms with Crippen LogP contribution in [0.15, 0.2) is 30.3 Å². The third kappa shape index (κ3) is 5.27. The van der Waals surface area contributed by atoms with Gasteiger partial charge in [-0.15, -0.1) is 0 Å². The van der Waals surface area contributed by atoms with Crippen LogP contribution in [0.4, 0.5) is 0 Å². The molecular formula is C20H31N3O2. The number of rotatable bonds is 6. The van der Waals surface area contributed by atoms with E-state index in [0.717, 1.165) is 32.5 Å². The minimum Gasteiger partial charge on any atom is -0.393 e. The first-order valence-corrected chi connectivity index (χ1v) is 9.54. The molecule has 5 heteroatoms. The summed E-state index contributed by atoms with van der Waals surface area (Å²) < 4.78 is 0. The maximum Gasteiger partial charge on any atom is 0.236 e. The van der Waals surface area contributed by atoms with Gasteiger partial charge in [0.15, 0.2) is 0 Å². The topological polar surface area (TPSA) is 47.0 Å². The highest BCUT2D eigenvalue weighted by atomic mass is 16.3. The molecule has 5 nitrogen and oxygen atoms in total. The van der Waals surface area contributed by atoms with Crippen molar-refractivity contribution in [1.82, 2.24) is 14.7 Å². The molecule has 2 aliphatic heterocycles. The minimum absolute atomic E-state index is 0.206. The van der Waals surface area contributed by atoms with Crippen LogP contribution in [-0.2, 0) is 11.2 Å². The number of nitrogens with zero attached hydrogens (tertiary/aromatic N) is 3. The maximum atomic E-state index is 12.5. The van der Waals surface area contributed by atoms with Crippen molar-refractivity contribution in [3.63, 3.8) is 0 Å². The number of likely N-dealkylation sites (tertiary alicyclic amines) is 2. The van der Waals surface area contributed by atoms with Gasteiger partial charge in [0, 0.05) is 32.2 Å². The van der Waals surface area contributed by atoms with Crippen molar-refractivity contribution in [3.8, 4) is 0 Å². The van der Waals surface area contributed by atoms with Crippen molar-refractivity contribution < 1.29 is 9.90 Å². The molecule has 2 aliphatic rings. The lowest BCUT2D eigenvalue weighted by Gasteiger charge is -2.32. The van der Waals surface area contributed by atoms with Crippen molar-refractivity contribution >= 4 is 5.91 Å². The van der Waals surface area contributed by atoms with Gasteiger partial charge < -0.3 is 14.9 Å². The molecule has 1 atom stereocenters. The third-order valence-corrected chi connectivity index (χ3v) is 5.63. The molecule has 0 radical (unpaired) electrons. The highest BCUT2D eigenvalue weighted by Crippen LogP contribution is 2.16. The van der Waals surface area contributed by atoms with E-state index in [1.54, 1.807) is 0 Å². The Kier molecular flexibility index (Phi) is 6.45. The number of hydrogen-bond acceptors (Lipinski definition) is 4. The fourth-order valence-electron chi connectivity index (χ4n) is 3.86. The van der Waals surface area contributed by atoms with E-state index in [9.17, 15) is 9.90 Å². The number of aliphatic hydroxyl groups excluding tert-OH is 1. The molecule has 0 saturated carbocycles. The van der Waals surface area contributed by atoms with Crippen molar-refractivity contribution in [3.05, 3.63) is 35.9 Å². The first-order valence-electron chi connectivity index (χ1n) is 9.54. The van der Waals surface area contributed by atoms with Crippen LogP contribution in [0.5, 0.6) is 0 Å². The summed E-state index contributed by atoms with van der Waals surface area (Å²) in [5, 5.41) is 9.57. The Bertz CT molecular complexity index is 543. The Balaban J connectivity index is 1.39. The molecule has 2 heterocycles. The molecular weight excluding hydrogens is 314 g/mol. The van der Waals surface area contributed by atoms with Crippen molar-refractivity contribution in [1.29, 1.82) is 0 Å². The molecule has 0 unspecified atom stereocenters. The number of aliphatic hydroxyl groups is 1. The minimum atomic E-state index is -0.227. The Morgan fingerprint density at radius 3 is 2.60 bits per heavy atom. The summed E-state index contributed by atoms with van der Waals surface area (Å²) in [6, 6.07) is 11.1. The summed E-state index contributed by atoms with van der Waals surface area (Å²) in [5.74, 6) is 0.206. The summed E-state index contributed by atoms with van der Waals surface area (Å²) in [6.07, 6.45) is 3.43. The molecule has 0 aromatic heterocycles. The van der Waals surface area contributed by atoms with Crippen LogP contribution in [0.3, 0.4) is 0 Å². The molecule has 2 saturated heterocycles. The van der Waals surface area contributed by atoms with Crippen LogP contribution in [0.2, 0.25) is 0 Å². The van der Waals surface area contributed by atoms with Gasteiger partial charge in [-0.3, -0.25) is 9.69 Å². The van der Waals surface area contributed by atoms with Crippen molar-refractivity contribution in [2.45, 2.75) is 37.8 Å². The first-order chi connectivity index (χ1) is 12.1. The molecule has 0 bridgehead atoms. The first kappa shape index (κ1) is 18.4. The van der Waals surface area contributed by atoms with Crippen LogP contribution >= 0.6 is 0 Å². The second-order valence-corrected chi connectivity index (χ2v) is 7.51. The summed E-state index contributed by atoms with van der Waals surface area (Å²) in [4.78, 5) is 19.1. The zero-order chi connectivity index (χ0) is 17.6. The van der Waals surface area contributed by atoms with Gasteiger partial charge in [-0.1, -0.05) is 30.3 Å². The lowest BCUT2D eigenvalue weighted by molar-refractivity contribution is -0.134. The average molecular weight is 345 g/mol. The van der Waals surface area contributed by atoms with Gasteiger partial charge in [-0.05, 0) is 44.8 Å². The van der Waals surface area contributed by atoms with Crippen LogP contribution < -0.4 is 0 Å². The summed E-state index contributed by atoms with van der Waals surface area (Å²) in [6.45, 7) is 5.14. The Morgan fingerprint density at radius 2 is 1.88 bits per heavy atom. The van der Waals surface area contributed by atoms with E-state index in [-0.39, 0.29) is 12.0 Å². The fraction of sp³-hybridized carbons (Fsp3) is 0.650. The molecule has 2 fully saturated rings. The highest BCUT2D eigenvalue weighted by Gasteiger charge is 2.28. The number of carbonyl (C=O) groups is 1. The number of carbonyl (C=O) groups excluding carboxylic acids is 1. The summed E-state index contributed by atoms with van der Waals surface area (Å²) in [7, 11) is 2.07. The van der Waals surface area contributed by atoms with Gasteiger partial charge >= 0.3 is 0 Å². The molecule has 0 spiro atoms. The number of benzene rings is 1. The standard InChI is InChI=1S/C20H31N3O2/c1-21(16-20(25)23-13-9-19(24)10-14-23)18-8-12-22(15-18)11-7-17-5-3-2-4-6-17/h2-6,18-19,24H,7-16H2,1H3/t18-/m0/s1. The molecule has 1 aromatic carbocycles. The SMILES string of the molecule is CN(CC(=O)N1CCC(O)CC1)[C@H]1CCN(CCc2ccccc2)C1. The highest BCUT2D eigenvalue weighted by molar-refractivity contribution is 5.78. The van der Waals surface area contributed by atoms with Crippen LogP contribution in [0.25, 0.3) is 0 Å². The third-order valence-electron chi connectivity index (χ3n) is 5.63. The second-order valence-electron chi connectivity index (χ2n) is 7.51. The zero-order valence-corrected chi connectivity index (χ0v) is 15.3. The van der Waals surface area contributed by atoms with E-state index < -0.39 is 0 Å². The van der Waals surface area contributed by atoms with Gasteiger partial charge in [0.05, 0.1) is 12.6 Å². The Hall–Kier alpha value is -1.43. The van der Waals surface area contributed by atoms with Gasteiger partial charge in [-0.2, -0.15) is 0 Å². The second kappa shape index (κ2) is 8.79. The smallest absolute Gasteiger partial charge is 0.236 e. The predicted octanol–water partition coefficient (Wildman–Crippen LogP) is 1.22. The number of amides is 1. The molecule has 1 amide bonds. The molecule has 1 aromatic rings. The van der Waals surface area contributed by atoms with E-state index in [1.807, 2.05) is 4.90 Å². The molecule has 25 heavy (non-hydrogen) atoms. The Morgan fingerprint density at radius 1 is 1.16 bits per heavy atom. The van der Waals surface area contributed by atoms with E-state index in [4.69, 9.17) is 0 Å². The number of hydrogen-bond donors (Lipinski definition) is 1. The van der Waals surface area contributed by atoms with E-state index >= 15 is 0 Å². The summed E-state index contributed by atoms with van der Waals surface area (Å²) >= 11 is 0. The van der Waals surface area contributed by atoms with E-state index in [1.165, 1.54) is 5.56 Å². The fourth-order valence-corrected chi connectivity index (χ4v) is 3.86. The molecule has 3 rings (SSSR count). The number of piperidine rings is 1. The normalized spacial score (nSPS) is 22.7. The maximum absolute atomic E-state index is 12.5. The average Bonchev–Trinajstić information content (AvgIpc) is 3.10. The monoisotopic (exact) mass is 345 g/mol. The van der Waals surface area contributed by atoms with Crippen LogP contribution in [0, 0.1) is 0 Å². The Labute approximate surface area is 151 Å². The van der Waals surface area contributed by atoms with Crippen molar-refractivity contribution in [2.75, 3.05) is 46.3 Å². The summed E-state index contributed by atoms with van der Waals surface area (Å²) in [5.41, 5.74) is 1.39.